The summed E-state index contributed by atoms with van der Waals surface area (Å²) in [5.41, 5.74) is -0.171. The molecule has 1 saturated heterocycles. The molecule has 0 aromatic rings. The van der Waals surface area contributed by atoms with E-state index >= 15 is 0 Å². The van der Waals surface area contributed by atoms with Crippen LogP contribution in [0.3, 0.4) is 0 Å². The van der Waals surface area contributed by atoms with Crippen LogP contribution in [0.1, 0.15) is 47.5 Å². The zero-order chi connectivity index (χ0) is 19.1. The van der Waals surface area contributed by atoms with E-state index in [2.05, 4.69) is 40.7 Å². The first-order chi connectivity index (χ1) is 11.8. The Morgan fingerprint density at radius 3 is 2.24 bits per heavy atom. The van der Waals surface area contributed by atoms with Crippen LogP contribution in [-0.2, 0) is 18.6 Å². The van der Waals surface area contributed by atoms with Gasteiger partial charge in [-0.05, 0) is 18.1 Å². The highest BCUT2D eigenvalue weighted by Gasteiger charge is 2.48. The molecule has 6 heteroatoms. The number of hydrogen-bond acceptors (Lipinski definition) is 5. The van der Waals surface area contributed by atoms with Crippen LogP contribution < -0.4 is 0 Å². The fourth-order valence-corrected chi connectivity index (χ4v) is 6.74. The molecule has 0 amide bonds. The highest BCUT2D eigenvalue weighted by molar-refractivity contribution is 6.73. The first kappa shape index (κ1) is 22.6. The SMILES string of the molecule is CC[Si](CC)(CC)O[C@@H]1C[C@@H](C#N)O[C@H](C[C@H](COC)OC)C1(C)C. The minimum absolute atomic E-state index is 0.0436. The summed E-state index contributed by atoms with van der Waals surface area (Å²) in [6, 6.07) is 5.64. The van der Waals surface area contributed by atoms with Crippen LogP contribution >= 0.6 is 0 Å². The Bertz CT molecular complexity index is 425. The van der Waals surface area contributed by atoms with Crippen molar-refractivity contribution in [1.29, 1.82) is 5.26 Å². The zero-order valence-electron chi connectivity index (χ0n) is 17.1. The third-order valence-electron chi connectivity index (χ3n) is 6.05. The molecular weight excluding hydrogens is 334 g/mol. The Labute approximate surface area is 155 Å². The molecule has 0 N–H and O–H groups in total. The van der Waals surface area contributed by atoms with Crippen LogP contribution in [0.25, 0.3) is 0 Å². The van der Waals surface area contributed by atoms with E-state index in [1.54, 1.807) is 14.2 Å². The standard InChI is InChI=1S/C19H37NO4Si/c1-8-25(9-2,10-3)24-18-11-15(13-20)23-17(19(18,4)5)12-16(22-7)14-21-6/h15-18H,8-12,14H2,1-7H3/t15-,16+,17+,18+/m0/s1. The molecule has 0 saturated carbocycles. The molecule has 0 aliphatic carbocycles. The molecule has 0 aromatic carbocycles. The third kappa shape index (κ3) is 5.51. The predicted octanol–water partition coefficient (Wildman–Crippen LogP) is 4.14. The number of rotatable bonds is 10. The van der Waals surface area contributed by atoms with E-state index in [-0.39, 0.29) is 23.7 Å². The summed E-state index contributed by atoms with van der Waals surface area (Å²) in [6.45, 7) is 11.6. The maximum atomic E-state index is 9.49. The molecule has 0 unspecified atom stereocenters. The van der Waals surface area contributed by atoms with Gasteiger partial charge in [-0.3, -0.25) is 0 Å². The molecule has 0 radical (unpaired) electrons. The summed E-state index contributed by atoms with van der Waals surface area (Å²) in [4.78, 5) is 0. The molecule has 4 atom stereocenters. The molecular formula is C19H37NO4Si. The molecule has 1 rings (SSSR count). The highest BCUT2D eigenvalue weighted by Crippen LogP contribution is 2.43. The lowest BCUT2D eigenvalue weighted by Crippen LogP contribution is -2.56. The van der Waals surface area contributed by atoms with Crippen molar-refractivity contribution in [2.75, 3.05) is 20.8 Å². The molecule has 1 heterocycles. The summed E-state index contributed by atoms with van der Waals surface area (Å²) in [5.74, 6) is 0. The van der Waals surface area contributed by atoms with Crippen molar-refractivity contribution in [3.05, 3.63) is 0 Å². The van der Waals surface area contributed by atoms with Gasteiger partial charge in [0.25, 0.3) is 0 Å². The van der Waals surface area contributed by atoms with Gasteiger partial charge in [0.1, 0.15) is 6.10 Å². The maximum absolute atomic E-state index is 9.49. The van der Waals surface area contributed by atoms with Gasteiger partial charge in [0.2, 0.25) is 0 Å². The minimum atomic E-state index is -1.75. The molecule has 0 spiro atoms. The summed E-state index contributed by atoms with van der Waals surface area (Å²) in [5, 5.41) is 9.49. The molecule has 146 valence electrons. The lowest BCUT2D eigenvalue weighted by atomic mass is 9.74. The average Bonchev–Trinajstić information content (AvgIpc) is 2.62. The van der Waals surface area contributed by atoms with Gasteiger partial charge in [-0.25, -0.2) is 0 Å². The number of nitrogens with zero attached hydrogens (tertiary/aromatic N) is 1. The van der Waals surface area contributed by atoms with Gasteiger partial charge in [0.15, 0.2) is 8.32 Å². The fraction of sp³-hybridized carbons (Fsp3) is 0.947. The first-order valence-electron chi connectivity index (χ1n) is 9.56. The zero-order valence-corrected chi connectivity index (χ0v) is 18.1. The Kier molecular flexibility index (Phi) is 9.06. The maximum Gasteiger partial charge on any atom is 0.192 e. The monoisotopic (exact) mass is 371 g/mol. The van der Waals surface area contributed by atoms with Crippen LogP contribution in [0.2, 0.25) is 18.1 Å². The molecule has 0 aromatic heterocycles. The van der Waals surface area contributed by atoms with E-state index in [0.717, 1.165) is 18.1 Å². The molecule has 25 heavy (non-hydrogen) atoms. The van der Waals surface area contributed by atoms with Crippen molar-refractivity contribution in [1.82, 2.24) is 0 Å². The van der Waals surface area contributed by atoms with E-state index in [1.807, 2.05) is 0 Å². The lowest BCUT2D eigenvalue weighted by molar-refractivity contribution is -0.167. The van der Waals surface area contributed by atoms with Crippen molar-refractivity contribution in [2.45, 2.75) is 90.0 Å². The second kappa shape index (κ2) is 10.0. The van der Waals surface area contributed by atoms with Crippen molar-refractivity contribution < 1.29 is 18.6 Å². The van der Waals surface area contributed by atoms with E-state index in [9.17, 15) is 5.26 Å². The molecule has 5 nitrogen and oxygen atoms in total. The van der Waals surface area contributed by atoms with Gasteiger partial charge in [-0.15, -0.1) is 0 Å². The van der Waals surface area contributed by atoms with Crippen LogP contribution in [0.4, 0.5) is 0 Å². The first-order valence-corrected chi connectivity index (χ1v) is 12.1. The van der Waals surface area contributed by atoms with E-state index in [1.165, 1.54) is 0 Å². The largest absolute Gasteiger partial charge is 0.413 e. The Morgan fingerprint density at radius 1 is 1.20 bits per heavy atom. The summed E-state index contributed by atoms with van der Waals surface area (Å²) >= 11 is 0. The Hall–Kier alpha value is -0.453. The highest BCUT2D eigenvalue weighted by atomic mass is 28.4. The second-order valence-electron chi connectivity index (χ2n) is 7.70. The van der Waals surface area contributed by atoms with E-state index in [0.29, 0.717) is 19.4 Å². The van der Waals surface area contributed by atoms with Crippen LogP contribution in [0, 0.1) is 16.7 Å². The minimum Gasteiger partial charge on any atom is -0.413 e. The Balaban J connectivity index is 3.02. The Morgan fingerprint density at radius 2 is 1.80 bits per heavy atom. The fourth-order valence-electron chi connectivity index (χ4n) is 3.74. The smallest absolute Gasteiger partial charge is 0.192 e. The van der Waals surface area contributed by atoms with Gasteiger partial charge < -0.3 is 18.6 Å². The molecule has 1 fully saturated rings. The number of hydrogen-bond donors (Lipinski definition) is 0. The number of ether oxygens (including phenoxy) is 3. The number of methoxy groups -OCH3 is 2. The van der Waals surface area contributed by atoms with Crippen molar-refractivity contribution in [3.63, 3.8) is 0 Å². The van der Waals surface area contributed by atoms with Gasteiger partial charge in [0.05, 0.1) is 31.0 Å². The summed E-state index contributed by atoms with van der Waals surface area (Å²) in [6.07, 6.45) is 0.847. The summed E-state index contributed by atoms with van der Waals surface area (Å²) < 4.78 is 23.7. The molecule has 1 aliphatic heterocycles. The lowest BCUT2D eigenvalue weighted by Gasteiger charge is -2.50. The van der Waals surface area contributed by atoms with E-state index < -0.39 is 14.4 Å². The number of nitriles is 1. The van der Waals surface area contributed by atoms with E-state index in [4.69, 9.17) is 18.6 Å². The van der Waals surface area contributed by atoms with Gasteiger partial charge in [-0.1, -0.05) is 34.6 Å². The normalized spacial score (nSPS) is 27.7. The quantitative estimate of drug-likeness (QED) is 0.540. The van der Waals surface area contributed by atoms with Crippen molar-refractivity contribution in [3.8, 4) is 6.07 Å². The average molecular weight is 372 g/mol. The second-order valence-corrected chi connectivity index (χ2v) is 12.4. The van der Waals surface area contributed by atoms with Crippen LogP contribution in [-0.4, -0.2) is 53.6 Å². The topological polar surface area (TPSA) is 60.7 Å². The van der Waals surface area contributed by atoms with Crippen LogP contribution in [0.15, 0.2) is 0 Å². The summed E-state index contributed by atoms with van der Waals surface area (Å²) in [7, 11) is 1.62. The third-order valence-corrected chi connectivity index (χ3v) is 10.7. The van der Waals surface area contributed by atoms with Gasteiger partial charge in [-0.2, -0.15) is 5.26 Å². The van der Waals surface area contributed by atoms with Gasteiger partial charge >= 0.3 is 0 Å². The molecule has 1 aliphatic rings. The van der Waals surface area contributed by atoms with Crippen LogP contribution in [0.5, 0.6) is 0 Å². The van der Waals surface area contributed by atoms with Gasteiger partial charge in [0, 0.05) is 32.5 Å². The van der Waals surface area contributed by atoms with Crippen molar-refractivity contribution >= 4 is 8.32 Å². The van der Waals surface area contributed by atoms with Crippen molar-refractivity contribution in [2.24, 2.45) is 5.41 Å². The predicted molar refractivity (Wildman–Crippen MR) is 102 cm³/mol. The molecule has 0 bridgehead atoms.